The van der Waals surface area contributed by atoms with E-state index in [0.29, 0.717) is 6.61 Å². The van der Waals surface area contributed by atoms with E-state index in [4.69, 9.17) is 9.72 Å². The van der Waals surface area contributed by atoms with Crippen LogP contribution in [0.1, 0.15) is 36.3 Å². The van der Waals surface area contributed by atoms with E-state index in [-0.39, 0.29) is 11.9 Å². The minimum absolute atomic E-state index is 0.135. The van der Waals surface area contributed by atoms with Crippen LogP contribution in [0.25, 0.3) is 9.88 Å². The lowest BCUT2D eigenvalue weighted by Gasteiger charge is -2.19. The fraction of sp³-hybridized carbons (Fsp3) is 0.429. The highest BCUT2D eigenvalue weighted by Crippen LogP contribution is 2.43. The Bertz CT molecular complexity index is 661. The Kier molecular flexibility index (Phi) is 4.83. The molecule has 0 N–H and O–H groups in total. The van der Waals surface area contributed by atoms with Crippen molar-refractivity contribution >= 4 is 60.5 Å². The third-order valence-corrected chi connectivity index (χ3v) is 7.94. The lowest BCUT2D eigenvalue weighted by atomic mass is 9.91. The number of aromatic nitrogens is 1. The van der Waals surface area contributed by atoms with Crippen molar-refractivity contribution in [3.05, 3.63) is 24.9 Å². The maximum absolute atomic E-state index is 12.1. The average molecular weight is 451 g/mol. The van der Waals surface area contributed by atoms with Crippen molar-refractivity contribution in [2.45, 2.75) is 32.1 Å². The molecule has 3 rings (SSSR count). The minimum atomic E-state index is -0.189. The third-order valence-electron chi connectivity index (χ3n) is 3.38. The van der Waals surface area contributed by atoms with E-state index in [1.165, 1.54) is 4.88 Å². The van der Waals surface area contributed by atoms with Gasteiger partial charge in [0.05, 0.1) is 21.0 Å². The van der Waals surface area contributed by atoms with E-state index in [1.54, 1.807) is 22.7 Å². The van der Waals surface area contributed by atoms with Crippen molar-refractivity contribution in [2.24, 2.45) is 0 Å². The monoisotopic (exact) mass is 449 g/mol. The summed E-state index contributed by atoms with van der Waals surface area (Å²) in [6, 6.07) is 2.07. The molecule has 0 radical (unpaired) electrons. The van der Waals surface area contributed by atoms with Crippen molar-refractivity contribution in [2.75, 3.05) is 6.61 Å². The number of halogens is 2. The van der Waals surface area contributed by atoms with Crippen LogP contribution < -0.4 is 0 Å². The Labute approximate surface area is 148 Å². The highest BCUT2D eigenvalue weighted by Gasteiger charge is 2.31. The van der Waals surface area contributed by atoms with Crippen LogP contribution in [0.15, 0.2) is 14.3 Å². The second-order valence-corrected chi connectivity index (χ2v) is 9.06. The molecule has 1 atom stereocenters. The molecule has 1 unspecified atom stereocenters. The average Bonchev–Trinajstić information content (AvgIpc) is 3.02. The largest absolute Gasteiger partial charge is 0.465 e. The first kappa shape index (κ1) is 15.6. The van der Waals surface area contributed by atoms with Crippen LogP contribution in [0, 0.1) is 0 Å². The summed E-state index contributed by atoms with van der Waals surface area (Å²) in [4.78, 5) is 19.2. The Morgan fingerprint density at radius 1 is 1.48 bits per heavy atom. The van der Waals surface area contributed by atoms with Crippen LogP contribution in [-0.2, 0) is 16.0 Å². The molecular formula is C14H13Br2NO2S2. The van der Waals surface area contributed by atoms with Crippen LogP contribution in [0.3, 0.4) is 0 Å². The molecule has 1 aliphatic rings. The Hall–Kier alpha value is -0.240. The van der Waals surface area contributed by atoms with Gasteiger partial charge < -0.3 is 4.74 Å². The van der Waals surface area contributed by atoms with Crippen molar-refractivity contribution in [1.82, 2.24) is 4.98 Å². The topological polar surface area (TPSA) is 39.2 Å². The summed E-state index contributed by atoms with van der Waals surface area (Å²) in [7, 11) is 0. The number of hydrogen-bond donors (Lipinski definition) is 0. The van der Waals surface area contributed by atoms with Gasteiger partial charge in [0.1, 0.15) is 10.9 Å². The van der Waals surface area contributed by atoms with Gasteiger partial charge in [-0.15, -0.1) is 22.7 Å². The maximum atomic E-state index is 12.1. The molecular weight excluding hydrogens is 438 g/mol. The number of carbonyl (C=O) groups excluding carboxylic acids is 1. The van der Waals surface area contributed by atoms with E-state index in [0.717, 1.165) is 43.1 Å². The number of thiazole rings is 1. The van der Waals surface area contributed by atoms with Gasteiger partial charge in [-0.05, 0) is 64.1 Å². The predicted octanol–water partition coefficient (Wildman–Crippen LogP) is 5.38. The zero-order valence-corrected chi connectivity index (χ0v) is 16.1. The molecule has 2 aromatic heterocycles. The van der Waals surface area contributed by atoms with Crippen LogP contribution in [0.4, 0.5) is 0 Å². The number of aryl methyl sites for hydroxylation is 1. The lowest BCUT2D eigenvalue weighted by Crippen LogP contribution is -2.20. The molecule has 1 aliphatic carbocycles. The second kappa shape index (κ2) is 6.48. The molecule has 2 heterocycles. The van der Waals surface area contributed by atoms with Crippen LogP contribution in [-0.4, -0.2) is 17.6 Å². The summed E-state index contributed by atoms with van der Waals surface area (Å²) >= 11 is 10.4. The van der Waals surface area contributed by atoms with Crippen molar-refractivity contribution in [3.63, 3.8) is 0 Å². The summed E-state index contributed by atoms with van der Waals surface area (Å²) < 4.78 is 7.29. The van der Waals surface area contributed by atoms with Crippen molar-refractivity contribution in [1.29, 1.82) is 0 Å². The summed E-state index contributed by atoms with van der Waals surface area (Å²) in [6.07, 6.45) is 2.87. The standard InChI is InChI=1S/C14H13Br2NO2S2/c1-2-19-14(18)7-4-3-5-9-11(7)17-13(21-9)10-6-8(15)12(16)20-10/h6-7H,2-5H2,1H3. The number of rotatable bonds is 3. The molecule has 0 aliphatic heterocycles. The molecule has 0 saturated carbocycles. The van der Waals surface area contributed by atoms with E-state index in [1.807, 2.05) is 6.92 Å². The number of thiophene rings is 1. The number of carbonyl (C=O) groups is 1. The van der Waals surface area contributed by atoms with Gasteiger partial charge in [0.25, 0.3) is 0 Å². The fourth-order valence-corrected chi connectivity index (χ4v) is 5.69. The van der Waals surface area contributed by atoms with Gasteiger partial charge in [-0.25, -0.2) is 4.98 Å². The Balaban J connectivity index is 1.95. The molecule has 0 saturated heterocycles. The molecule has 0 amide bonds. The van der Waals surface area contributed by atoms with Crippen LogP contribution in [0.2, 0.25) is 0 Å². The number of nitrogens with zero attached hydrogens (tertiary/aromatic N) is 1. The summed E-state index contributed by atoms with van der Waals surface area (Å²) in [6.45, 7) is 2.27. The van der Waals surface area contributed by atoms with Gasteiger partial charge in [-0.2, -0.15) is 0 Å². The molecule has 0 spiro atoms. The maximum Gasteiger partial charge on any atom is 0.315 e. The summed E-state index contributed by atoms with van der Waals surface area (Å²) in [5.74, 6) is -0.325. The summed E-state index contributed by atoms with van der Waals surface area (Å²) in [5.41, 5.74) is 0.931. The normalized spacial score (nSPS) is 17.6. The fourth-order valence-electron chi connectivity index (χ4n) is 2.45. The zero-order chi connectivity index (χ0) is 15.0. The number of ether oxygens (including phenoxy) is 1. The number of hydrogen-bond acceptors (Lipinski definition) is 5. The van der Waals surface area contributed by atoms with Crippen LogP contribution >= 0.6 is 54.5 Å². The van der Waals surface area contributed by atoms with Crippen LogP contribution in [0.5, 0.6) is 0 Å². The van der Waals surface area contributed by atoms with E-state index >= 15 is 0 Å². The zero-order valence-electron chi connectivity index (χ0n) is 11.3. The predicted molar refractivity (Wildman–Crippen MR) is 93.1 cm³/mol. The molecule has 0 bridgehead atoms. The van der Waals surface area contributed by atoms with Crippen molar-refractivity contribution < 1.29 is 9.53 Å². The third kappa shape index (κ3) is 3.11. The lowest BCUT2D eigenvalue weighted by molar-refractivity contribution is -0.145. The van der Waals surface area contributed by atoms with Gasteiger partial charge in [0.2, 0.25) is 0 Å². The highest BCUT2D eigenvalue weighted by molar-refractivity contribution is 9.13. The molecule has 2 aromatic rings. The first-order valence-electron chi connectivity index (χ1n) is 6.71. The molecule has 0 fully saturated rings. The first-order chi connectivity index (χ1) is 10.1. The Morgan fingerprint density at radius 3 is 2.95 bits per heavy atom. The second-order valence-electron chi connectivity index (χ2n) is 4.76. The number of fused-ring (bicyclic) bond motifs is 1. The molecule has 0 aromatic carbocycles. The first-order valence-corrected chi connectivity index (χ1v) is 9.93. The smallest absolute Gasteiger partial charge is 0.315 e. The van der Waals surface area contributed by atoms with E-state index < -0.39 is 0 Å². The summed E-state index contributed by atoms with van der Waals surface area (Å²) in [5, 5.41) is 0.993. The molecule has 3 nitrogen and oxygen atoms in total. The van der Waals surface area contributed by atoms with Gasteiger partial charge in [-0.1, -0.05) is 0 Å². The molecule has 21 heavy (non-hydrogen) atoms. The SMILES string of the molecule is CCOC(=O)C1CCCc2sc(-c3cc(Br)c(Br)s3)nc21. The van der Waals surface area contributed by atoms with Gasteiger partial charge in [0.15, 0.2) is 0 Å². The number of esters is 1. The van der Waals surface area contributed by atoms with E-state index in [9.17, 15) is 4.79 Å². The molecule has 112 valence electrons. The van der Waals surface area contributed by atoms with Gasteiger partial charge in [0, 0.05) is 9.35 Å². The van der Waals surface area contributed by atoms with Gasteiger partial charge in [-0.3, -0.25) is 4.79 Å². The quantitative estimate of drug-likeness (QED) is 0.589. The minimum Gasteiger partial charge on any atom is -0.465 e. The Morgan fingerprint density at radius 2 is 2.29 bits per heavy atom. The molecule has 7 heteroatoms. The van der Waals surface area contributed by atoms with Crippen molar-refractivity contribution in [3.8, 4) is 9.88 Å². The van der Waals surface area contributed by atoms with E-state index in [2.05, 4.69) is 37.9 Å². The van der Waals surface area contributed by atoms with Gasteiger partial charge >= 0.3 is 5.97 Å². The highest BCUT2D eigenvalue weighted by atomic mass is 79.9.